The molecule has 3 N–H and O–H groups in total. The molecule has 1 unspecified atom stereocenters. The van der Waals surface area contributed by atoms with Gasteiger partial charge in [0.15, 0.2) is 0 Å². The van der Waals surface area contributed by atoms with Crippen LogP contribution < -0.4 is 11.1 Å². The molecule has 1 aromatic rings. The van der Waals surface area contributed by atoms with Gasteiger partial charge in [-0.15, -0.1) is 0 Å². The first-order valence-electron chi connectivity index (χ1n) is 5.01. The second-order valence-electron chi connectivity index (χ2n) is 3.44. The maximum absolute atomic E-state index is 13.4. The summed E-state index contributed by atoms with van der Waals surface area (Å²) in [6.07, 6.45) is 1.55. The van der Waals surface area contributed by atoms with Crippen LogP contribution in [0.3, 0.4) is 0 Å². The van der Waals surface area contributed by atoms with Gasteiger partial charge < -0.3 is 11.1 Å². The molecule has 0 aromatic heterocycles. The highest BCUT2D eigenvalue weighted by Crippen LogP contribution is 2.21. The summed E-state index contributed by atoms with van der Waals surface area (Å²) >= 11 is 0. The van der Waals surface area contributed by atoms with Crippen LogP contribution >= 0.6 is 0 Å². The third-order valence-electron chi connectivity index (χ3n) is 2.38. The lowest BCUT2D eigenvalue weighted by atomic mass is 10.0. The smallest absolute Gasteiger partial charge is 0.130 e. The zero-order valence-electron chi connectivity index (χ0n) is 8.76. The van der Waals surface area contributed by atoms with Crippen LogP contribution in [-0.2, 0) is 0 Å². The van der Waals surface area contributed by atoms with E-state index in [2.05, 4.69) is 5.32 Å². The lowest BCUT2D eigenvalue weighted by Gasteiger charge is -2.16. The quantitative estimate of drug-likeness (QED) is 0.786. The van der Waals surface area contributed by atoms with Gasteiger partial charge >= 0.3 is 0 Å². The first-order chi connectivity index (χ1) is 7.19. The molecule has 0 fully saturated rings. The Balaban J connectivity index is 2.81. The molecular formula is C11H16F2N2. The molecule has 0 aliphatic carbocycles. The highest BCUT2D eigenvalue weighted by atomic mass is 19.1. The Morgan fingerprint density at radius 1 is 1.40 bits per heavy atom. The molecule has 0 amide bonds. The van der Waals surface area contributed by atoms with Gasteiger partial charge in [-0.05, 0) is 32.5 Å². The van der Waals surface area contributed by atoms with Gasteiger partial charge in [-0.2, -0.15) is 0 Å². The van der Waals surface area contributed by atoms with Gasteiger partial charge in [-0.1, -0.05) is 6.07 Å². The second-order valence-corrected chi connectivity index (χ2v) is 3.44. The molecule has 0 bridgehead atoms. The predicted octanol–water partition coefficient (Wildman–Crippen LogP) is 1.96. The SMILES string of the molecule is CNC(CCCN)c1ccc(F)cc1F. The molecule has 84 valence electrons. The Bertz CT molecular complexity index is 315. The normalized spacial score (nSPS) is 12.8. The van der Waals surface area contributed by atoms with E-state index in [4.69, 9.17) is 5.73 Å². The number of nitrogens with one attached hydrogen (secondary N) is 1. The Kier molecular flexibility index (Phi) is 4.65. The summed E-state index contributed by atoms with van der Waals surface area (Å²) in [5, 5.41) is 3.00. The maximum atomic E-state index is 13.4. The van der Waals surface area contributed by atoms with E-state index in [1.165, 1.54) is 12.1 Å². The van der Waals surface area contributed by atoms with Crippen LogP contribution in [0.1, 0.15) is 24.4 Å². The van der Waals surface area contributed by atoms with Crippen LogP contribution in [0.25, 0.3) is 0 Å². The molecule has 0 saturated carbocycles. The van der Waals surface area contributed by atoms with E-state index in [0.717, 1.165) is 18.9 Å². The van der Waals surface area contributed by atoms with E-state index >= 15 is 0 Å². The standard InChI is InChI=1S/C11H16F2N2/c1-15-11(3-2-6-14)9-5-4-8(12)7-10(9)13/h4-5,7,11,15H,2-3,6,14H2,1H3. The number of rotatable bonds is 5. The highest BCUT2D eigenvalue weighted by molar-refractivity contribution is 5.22. The third-order valence-corrected chi connectivity index (χ3v) is 2.38. The molecule has 15 heavy (non-hydrogen) atoms. The Labute approximate surface area is 88.5 Å². The van der Waals surface area contributed by atoms with Gasteiger partial charge in [0.1, 0.15) is 11.6 Å². The van der Waals surface area contributed by atoms with E-state index in [9.17, 15) is 8.78 Å². The monoisotopic (exact) mass is 214 g/mol. The Hall–Kier alpha value is -1.00. The van der Waals surface area contributed by atoms with Gasteiger partial charge in [0.2, 0.25) is 0 Å². The van der Waals surface area contributed by atoms with Gasteiger partial charge in [0, 0.05) is 17.7 Å². The third kappa shape index (κ3) is 3.25. The van der Waals surface area contributed by atoms with Crippen molar-refractivity contribution in [2.75, 3.05) is 13.6 Å². The fraction of sp³-hybridized carbons (Fsp3) is 0.455. The fourth-order valence-electron chi connectivity index (χ4n) is 1.56. The van der Waals surface area contributed by atoms with Crippen molar-refractivity contribution in [1.29, 1.82) is 0 Å². The number of benzene rings is 1. The molecule has 1 aromatic carbocycles. The lowest BCUT2D eigenvalue weighted by Crippen LogP contribution is -2.19. The molecular weight excluding hydrogens is 198 g/mol. The van der Waals surface area contributed by atoms with Crippen molar-refractivity contribution >= 4 is 0 Å². The van der Waals surface area contributed by atoms with Gasteiger partial charge in [0.25, 0.3) is 0 Å². The van der Waals surface area contributed by atoms with Gasteiger partial charge in [0.05, 0.1) is 0 Å². The van der Waals surface area contributed by atoms with Crippen molar-refractivity contribution in [3.8, 4) is 0 Å². The number of hydrogen-bond acceptors (Lipinski definition) is 2. The minimum absolute atomic E-state index is 0.103. The largest absolute Gasteiger partial charge is 0.330 e. The average Bonchev–Trinajstić information content (AvgIpc) is 2.21. The van der Waals surface area contributed by atoms with E-state index in [0.29, 0.717) is 12.1 Å². The number of hydrogen-bond donors (Lipinski definition) is 2. The zero-order chi connectivity index (χ0) is 11.3. The first kappa shape index (κ1) is 12.1. The molecule has 0 radical (unpaired) electrons. The number of halogens is 2. The van der Waals surface area contributed by atoms with Crippen LogP contribution in [-0.4, -0.2) is 13.6 Å². The molecule has 0 aliphatic heterocycles. The summed E-state index contributed by atoms with van der Waals surface area (Å²) in [4.78, 5) is 0. The lowest BCUT2D eigenvalue weighted by molar-refractivity contribution is 0.491. The minimum atomic E-state index is -0.551. The molecule has 2 nitrogen and oxygen atoms in total. The first-order valence-corrected chi connectivity index (χ1v) is 5.01. The van der Waals surface area contributed by atoms with Gasteiger partial charge in [-0.25, -0.2) is 8.78 Å². The summed E-state index contributed by atoms with van der Waals surface area (Å²) in [7, 11) is 1.75. The Morgan fingerprint density at radius 3 is 2.67 bits per heavy atom. The van der Waals surface area contributed by atoms with Crippen LogP contribution in [0.2, 0.25) is 0 Å². The second kappa shape index (κ2) is 5.78. The molecule has 1 rings (SSSR count). The van der Waals surface area contributed by atoms with Crippen molar-refractivity contribution in [1.82, 2.24) is 5.32 Å². The van der Waals surface area contributed by atoms with Gasteiger partial charge in [-0.3, -0.25) is 0 Å². The van der Waals surface area contributed by atoms with E-state index in [-0.39, 0.29) is 6.04 Å². The summed E-state index contributed by atoms with van der Waals surface area (Å²) in [6, 6.07) is 3.55. The summed E-state index contributed by atoms with van der Waals surface area (Å²) in [5.41, 5.74) is 5.88. The van der Waals surface area contributed by atoms with E-state index < -0.39 is 11.6 Å². The summed E-state index contributed by atoms with van der Waals surface area (Å²) in [6.45, 7) is 0.570. The van der Waals surface area contributed by atoms with Crippen LogP contribution in [0.15, 0.2) is 18.2 Å². The van der Waals surface area contributed by atoms with Crippen LogP contribution in [0.5, 0.6) is 0 Å². The highest BCUT2D eigenvalue weighted by Gasteiger charge is 2.13. The fourth-order valence-corrected chi connectivity index (χ4v) is 1.56. The van der Waals surface area contributed by atoms with Crippen molar-refractivity contribution in [3.05, 3.63) is 35.4 Å². The van der Waals surface area contributed by atoms with Crippen LogP contribution in [0.4, 0.5) is 8.78 Å². The average molecular weight is 214 g/mol. The summed E-state index contributed by atoms with van der Waals surface area (Å²) < 4.78 is 26.1. The minimum Gasteiger partial charge on any atom is -0.330 e. The van der Waals surface area contributed by atoms with E-state index in [1.54, 1.807) is 7.05 Å². The van der Waals surface area contributed by atoms with Crippen LogP contribution in [0, 0.1) is 11.6 Å². The topological polar surface area (TPSA) is 38.0 Å². The van der Waals surface area contributed by atoms with Crippen molar-refractivity contribution < 1.29 is 8.78 Å². The van der Waals surface area contributed by atoms with Crippen molar-refractivity contribution in [2.24, 2.45) is 5.73 Å². The molecule has 0 heterocycles. The Morgan fingerprint density at radius 2 is 2.13 bits per heavy atom. The van der Waals surface area contributed by atoms with E-state index in [1.807, 2.05) is 0 Å². The predicted molar refractivity (Wildman–Crippen MR) is 56.4 cm³/mol. The molecule has 1 atom stereocenters. The maximum Gasteiger partial charge on any atom is 0.130 e. The molecule has 0 spiro atoms. The zero-order valence-corrected chi connectivity index (χ0v) is 8.76. The molecule has 4 heteroatoms. The molecule has 0 saturated heterocycles. The summed E-state index contributed by atoms with van der Waals surface area (Å²) in [5.74, 6) is -1.06. The van der Waals surface area contributed by atoms with Crippen molar-refractivity contribution in [3.63, 3.8) is 0 Å². The number of nitrogens with two attached hydrogens (primary N) is 1. The molecule has 0 aliphatic rings. The van der Waals surface area contributed by atoms with Crippen molar-refractivity contribution in [2.45, 2.75) is 18.9 Å².